The number of carbonyl (C=O) groups excluding carboxylic acids is 2. The molecule has 180 valence electrons. The number of hydrogen-bond acceptors (Lipinski definition) is 3. The molecule has 1 atom stereocenters. The lowest BCUT2D eigenvalue weighted by atomic mass is 9.95. The molecule has 0 saturated carbocycles. The van der Waals surface area contributed by atoms with E-state index in [0.29, 0.717) is 22.7 Å². The van der Waals surface area contributed by atoms with Crippen LogP contribution in [0.2, 0.25) is 10.0 Å². The van der Waals surface area contributed by atoms with E-state index in [-0.39, 0.29) is 22.9 Å². The Labute approximate surface area is 213 Å². The standard InChI is InChI=1S/C27H24Cl2N2O4/c1-16-6-4-10-21(29)24(16)25(32)30-22(27(34)35)15-17-11-12-23-18(14-17)7-5-13-31(23)26(33)19-8-2-3-9-20(19)28/h2-4,6,8-12,14,22H,5,7,13,15H2,1H3,(H,30,32)(H,34,35)/t22-/m0/s1. The first kappa shape index (κ1) is 24.8. The van der Waals surface area contributed by atoms with E-state index in [9.17, 15) is 19.5 Å². The minimum Gasteiger partial charge on any atom is -0.480 e. The number of nitrogens with zero attached hydrogens (tertiary/aromatic N) is 1. The Kier molecular flexibility index (Phi) is 7.43. The fourth-order valence-electron chi connectivity index (χ4n) is 4.35. The van der Waals surface area contributed by atoms with Crippen LogP contribution in [-0.2, 0) is 17.6 Å². The number of nitrogens with one attached hydrogen (secondary N) is 1. The number of carbonyl (C=O) groups is 3. The fraction of sp³-hybridized carbons (Fsp3) is 0.222. The third-order valence-electron chi connectivity index (χ3n) is 6.10. The number of halogens is 2. The van der Waals surface area contributed by atoms with Crippen LogP contribution in [0.1, 0.15) is 43.8 Å². The van der Waals surface area contributed by atoms with Gasteiger partial charge in [0, 0.05) is 18.7 Å². The van der Waals surface area contributed by atoms with Crippen molar-refractivity contribution in [2.45, 2.75) is 32.2 Å². The van der Waals surface area contributed by atoms with Crippen molar-refractivity contribution in [2.24, 2.45) is 0 Å². The van der Waals surface area contributed by atoms with Gasteiger partial charge < -0.3 is 15.3 Å². The Morgan fingerprint density at radius 1 is 1.03 bits per heavy atom. The molecule has 0 bridgehead atoms. The molecule has 2 N–H and O–H groups in total. The second-order valence-corrected chi connectivity index (χ2v) is 9.32. The third kappa shape index (κ3) is 5.34. The quantitative estimate of drug-likeness (QED) is 0.469. The van der Waals surface area contributed by atoms with Crippen molar-refractivity contribution in [3.8, 4) is 0 Å². The zero-order valence-corrected chi connectivity index (χ0v) is 20.6. The topological polar surface area (TPSA) is 86.7 Å². The lowest BCUT2D eigenvalue weighted by molar-refractivity contribution is -0.139. The summed E-state index contributed by atoms with van der Waals surface area (Å²) in [6.07, 6.45) is 1.63. The molecule has 2 amide bonds. The van der Waals surface area contributed by atoms with Crippen LogP contribution in [0.4, 0.5) is 5.69 Å². The van der Waals surface area contributed by atoms with Gasteiger partial charge in [-0.1, -0.05) is 59.6 Å². The van der Waals surface area contributed by atoms with Crippen molar-refractivity contribution in [2.75, 3.05) is 11.4 Å². The number of anilines is 1. The van der Waals surface area contributed by atoms with Crippen molar-refractivity contribution in [3.63, 3.8) is 0 Å². The number of rotatable bonds is 6. The van der Waals surface area contributed by atoms with Crippen LogP contribution in [0.15, 0.2) is 60.7 Å². The first-order valence-corrected chi connectivity index (χ1v) is 12.0. The lowest BCUT2D eigenvalue weighted by Crippen LogP contribution is -2.42. The number of carboxylic acid groups (broad SMARTS) is 1. The Morgan fingerprint density at radius 2 is 1.77 bits per heavy atom. The van der Waals surface area contributed by atoms with Crippen molar-refractivity contribution < 1.29 is 19.5 Å². The summed E-state index contributed by atoms with van der Waals surface area (Å²) < 4.78 is 0. The molecule has 1 aliphatic heterocycles. The molecule has 3 aromatic rings. The van der Waals surface area contributed by atoms with Gasteiger partial charge in [-0.25, -0.2) is 4.79 Å². The Bertz CT molecular complexity index is 1290. The van der Waals surface area contributed by atoms with Gasteiger partial charge in [-0.3, -0.25) is 9.59 Å². The van der Waals surface area contributed by atoms with Gasteiger partial charge in [-0.2, -0.15) is 0 Å². The molecule has 8 heteroatoms. The Morgan fingerprint density at radius 3 is 2.49 bits per heavy atom. The molecule has 0 aliphatic carbocycles. The fourth-order valence-corrected chi connectivity index (χ4v) is 4.88. The molecule has 6 nitrogen and oxygen atoms in total. The molecule has 4 rings (SSSR count). The van der Waals surface area contributed by atoms with Gasteiger partial charge in [0.2, 0.25) is 0 Å². The van der Waals surface area contributed by atoms with Crippen molar-refractivity contribution in [1.29, 1.82) is 0 Å². The molecule has 0 aromatic heterocycles. The predicted octanol–water partition coefficient (Wildman–Crippen LogP) is 5.32. The van der Waals surface area contributed by atoms with Crippen LogP contribution in [0.5, 0.6) is 0 Å². The number of benzene rings is 3. The van der Waals surface area contributed by atoms with E-state index in [1.54, 1.807) is 60.4 Å². The van der Waals surface area contributed by atoms with Crippen molar-refractivity contribution in [3.05, 3.63) is 98.5 Å². The molecule has 1 aliphatic rings. The minimum absolute atomic E-state index is 0.0936. The summed E-state index contributed by atoms with van der Waals surface area (Å²) in [5, 5.41) is 13.0. The highest BCUT2D eigenvalue weighted by atomic mass is 35.5. The molecule has 0 fully saturated rings. The van der Waals surface area contributed by atoms with Gasteiger partial charge in [0.15, 0.2) is 0 Å². The van der Waals surface area contributed by atoms with Crippen LogP contribution in [-0.4, -0.2) is 35.5 Å². The van der Waals surface area contributed by atoms with Gasteiger partial charge in [-0.05, 0) is 60.7 Å². The molecule has 0 radical (unpaired) electrons. The van der Waals surface area contributed by atoms with Gasteiger partial charge >= 0.3 is 5.97 Å². The van der Waals surface area contributed by atoms with E-state index in [0.717, 1.165) is 29.7 Å². The first-order valence-electron chi connectivity index (χ1n) is 11.2. The third-order valence-corrected chi connectivity index (χ3v) is 6.75. The molecule has 0 saturated heterocycles. The number of carboxylic acids is 1. The van der Waals surface area contributed by atoms with Crippen LogP contribution >= 0.6 is 23.2 Å². The maximum Gasteiger partial charge on any atom is 0.326 e. The molecule has 3 aromatic carbocycles. The Hall–Kier alpha value is -3.35. The second-order valence-electron chi connectivity index (χ2n) is 8.50. The normalized spacial score (nSPS) is 13.6. The van der Waals surface area contributed by atoms with Gasteiger partial charge in [0.1, 0.15) is 6.04 Å². The number of aliphatic carboxylic acids is 1. The summed E-state index contributed by atoms with van der Waals surface area (Å²) in [5.41, 5.74) is 3.85. The first-order chi connectivity index (χ1) is 16.8. The van der Waals surface area contributed by atoms with Crippen molar-refractivity contribution in [1.82, 2.24) is 5.32 Å². The van der Waals surface area contributed by atoms with Crippen LogP contribution in [0.3, 0.4) is 0 Å². The summed E-state index contributed by atoms with van der Waals surface area (Å²) in [6.45, 7) is 2.32. The summed E-state index contributed by atoms with van der Waals surface area (Å²) in [7, 11) is 0. The van der Waals surface area contributed by atoms with E-state index in [1.807, 2.05) is 12.1 Å². The highest BCUT2D eigenvalue weighted by Crippen LogP contribution is 2.31. The highest BCUT2D eigenvalue weighted by Gasteiger charge is 2.27. The van der Waals surface area contributed by atoms with Gasteiger partial charge in [-0.15, -0.1) is 0 Å². The second kappa shape index (κ2) is 10.5. The van der Waals surface area contributed by atoms with Crippen LogP contribution in [0.25, 0.3) is 0 Å². The molecule has 1 heterocycles. The monoisotopic (exact) mass is 510 g/mol. The summed E-state index contributed by atoms with van der Waals surface area (Å²) in [4.78, 5) is 39.6. The Balaban J connectivity index is 1.55. The molecular weight excluding hydrogens is 487 g/mol. The van der Waals surface area contributed by atoms with E-state index in [1.165, 1.54) is 0 Å². The molecular formula is C27H24Cl2N2O4. The van der Waals surface area contributed by atoms with Crippen LogP contribution in [0, 0.1) is 6.92 Å². The maximum atomic E-state index is 13.2. The average Bonchev–Trinajstić information content (AvgIpc) is 2.83. The van der Waals surface area contributed by atoms with E-state index in [2.05, 4.69) is 5.32 Å². The molecule has 35 heavy (non-hydrogen) atoms. The SMILES string of the molecule is Cc1cccc(Cl)c1C(=O)N[C@@H](Cc1ccc2c(c1)CCCN2C(=O)c1ccccc1Cl)C(=O)O. The number of amides is 2. The average molecular weight is 511 g/mol. The van der Waals surface area contributed by atoms with E-state index in [4.69, 9.17) is 23.2 Å². The number of hydrogen-bond donors (Lipinski definition) is 2. The van der Waals surface area contributed by atoms with E-state index < -0.39 is 17.9 Å². The summed E-state index contributed by atoms with van der Waals surface area (Å²) >= 11 is 12.4. The zero-order chi connectivity index (χ0) is 25.1. The highest BCUT2D eigenvalue weighted by molar-refractivity contribution is 6.34. The minimum atomic E-state index is -1.14. The largest absolute Gasteiger partial charge is 0.480 e. The van der Waals surface area contributed by atoms with Crippen LogP contribution < -0.4 is 10.2 Å². The van der Waals surface area contributed by atoms with Gasteiger partial charge in [0.25, 0.3) is 11.8 Å². The number of fused-ring (bicyclic) bond motifs is 1. The predicted molar refractivity (Wildman–Crippen MR) is 137 cm³/mol. The molecule has 0 spiro atoms. The zero-order valence-electron chi connectivity index (χ0n) is 19.1. The van der Waals surface area contributed by atoms with Gasteiger partial charge in [0.05, 0.1) is 21.2 Å². The smallest absolute Gasteiger partial charge is 0.326 e. The summed E-state index contributed by atoms with van der Waals surface area (Å²) in [5.74, 6) is -1.85. The van der Waals surface area contributed by atoms with E-state index >= 15 is 0 Å². The maximum absolute atomic E-state index is 13.2. The van der Waals surface area contributed by atoms with Crippen molar-refractivity contribution >= 4 is 46.7 Å². The number of aryl methyl sites for hydroxylation is 2. The lowest BCUT2D eigenvalue weighted by Gasteiger charge is -2.30. The molecule has 0 unspecified atom stereocenters. The summed E-state index contributed by atoms with van der Waals surface area (Å²) in [6, 6.07) is 16.4.